The van der Waals surface area contributed by atoms with Gasteiger partial charge < -0.3 is 15.3 Å². The van der Waals surface area contributed by atoms with E-state index in [0.29, 0.717) is 25.1 Å². The Morgan fingerprint density at radius 1 is 1.37 bits per heavy atom. The van der Waals surface area contributed by atoms with E-state index in [1.807, 2.05) is 0 Å². The number of aliphatic carboxylic acids is 1. The maximum atomic E-state index is 13.0. The van der Waals surface area contributed by atoms with Crippen LogP contribution in [0.15, 0.2) is 35.2 Å². The van der Waals surface area contributed by atoms with E-state index < -0.39 is 29.9 Å². The van der Waals surface area contributed by atoms with Crippen LogP contribution in [0, 0.1) is 0 Å². The summed E-state index contributed by atoms with van der Waals surface area (Å²) in [6.45, 7) is 0.353. The van der Waals surface area contributed by atoms with Crippen molar-refractivity contribution < 1.29 is 19.5 Å². The van der Waals surface area contributed by atoms with Gasteiger partial charge in [0.1, 0.15) is 12.1 Å². The largest absolute Gasteiger partial charge is 0.480 e. The van der Waals surface area contributed by atoms with Gasteiger partial charge >= 0.3 is 5.97 Å². The lowest BCUT2D eigenvalue weighted by Crippen LogP contribution is -2.52. The Morgan fingerprint density at radius 2 is 2.15 bits per heavy atom. The molecular weight excluding hydrogens is 390 g/mol. The van der Waals surface area contributed by atoms with Crippen LogP contribution in [0.2, 0.25) is 5.02 Å². The SMILES string of the molecule is O=C(N[C@@H](Cc1cscn1)C(=O)N1CCC[C@H]1C(=O)O)c1ccccc1Cl. The first-order valence-corrected chi connectivity index (χ1v) is 9.75. The molecule has 0 saturated carbocycles. The van der Waals surface area contributed by atoms with E-state index in [1.165, 1.54) is 16.2 Å². The summed E-state index contributed by atoms with van der Waals surface area (Å²) >= 11 is 7.46. The van der Waals surface area contributed by atoms with Crippen molar-refractivity contribution in [2.75, 3.05) is 6.54 Å². The molecule has 1 saturated heterocycles. The first kappa shape index (κ1) is 19.3. The number of likely N-dealkylation sites (tertiary alicyclic amines) is 1. The fraction of sp³-hybridized carbons (Fsp3) is 0.333. The van der Waals surface area contributed by atoms with Gasteiger partial charge in [-0.05, 0) is 25.0 Å². The molecule has 2 atom stereocenters. The number of aromatic nitrogens is 1. The molecule has 2 amide bonds. The average molecular weight is 408 g/mol. The molecule has 2 N–H and O–H groups in total. The standard InChI is InChI=1S/C18H18ClN3O4S/c19-13-5-2-1-4-12(13)16(23)21-14(8-11-9-27-10-20-11)17(24)22-7-3-6-15(22)18(25)26/h1-2,4-5,9-10,14-15H,3,6-8H2,(H,21,23)(H,25,26)/t14-,15-/m0/s1. The van der Waals surface area contributed by atoms with E-state index >= 15 is 0 Å². The summed E-state index contributed by atoms with van der Waals surface area (Å²) < 4.78 is 0. The third-order valence-electron chi connectivity index (χ3n) is 4.44. The molecule has 1 aliphatic heterocycles. The van der Waals surface area contributed by atoms with Gasteiger partial charge in [0.2, 0.25) is 5.91 Å². The summed E-state index contributed by atoms with van der Waals surface area (Å²) in [5.74, 6) is -1.95. The molecular formula is C18H18ClN3O4S. The van der Waals surface area contributed by atoms with Gasteiger partial charge in [0.05, 0.1) is 21.8 Å². The van der Waals surface area contributed by atoms with Crippen LogP contribution in [0.3, 0.4) is 0 Å². The van der Waals surface area contributed by atoms with Gasteiger partial charge in [0.15, 0.2) is 0 Å². The van der Waals surface area contributed by atoms with E-state index in [4.69, 9.17) is 11.6 Å². The average Bonchev–Trinajstić information content (AvgIpc) is 3.32. The maximum absolute atomic E-state index is 13.0. The van der Waals surface area contributed by atoms with Gasteiger partial charge in [-0.1, -0.05) is 23.7 Å². The third-order valence-corrected chi connectivity index (χ3v) is 5.40. The molecule has 0 aliphatic carbocycles. The minimum Gasteiger partial charge on any atom is -0.480 e. The van der Waals surface area contributed by atoms with Crippen molar-refractivity contribution in [2.45, 2.75) is 31.3 Å². The highest BCUT2D eigenvalue weighted by atomic mass is 35.5. The first-order valence-electron chi connectivity index (χ1n) is 8.43. The van der Waals surface area contributed by atoms with Crippen LogP contribution in [0.4, 0.5) is 0 Å². The second-order valence-electron chi connectivity index (χ2n) is 6.22. The van der Waals surface area contributed by atoms with Crippen molar-refractivity contribution in [1.29, 1.82) is 0 Å². The second kappa shape index (κ2) is 8.49. The number of nitrogens with one attached hydrogen (secondary N) is 1. The number of nitrogens with zero attached hydrogens (tertiary/aromatic N) is 2. The highest BCUT2D eigenvalue weighted by Gasteiger charge is 2.38. The summed E-state index contributed by atoms with van der Waals surface area (Å²) in [5, 5.41) is 14.1. The highest BCUT2D eigenvalue weighted by molar-refractivity contribution is 7.07. The monoisotopic (exact) mass is 407 g/mol. The zero-order valence-corrected chi connectivity index (χ0v) is 15.9. The van der Waals surface area contributed by atoms with E-state index in [0.717, 1.165) is 0 Å². The van der Waals surface area contributed by atoms with Crippen LogP contribution >= 0.6 is 22.9 Å². The minimum atomic E-state index is -1.04. The normalized spacial score (nSPS) is 17.5. The quantitative estimate of drug-likeness (QED) is 0.764. The Hall–Kier alpha value is -2.45. The fourth-order valence-electron chi connectivity index (χ4n) is 3.12. The van der Waals surface area contributed by atoms with Crippen LogP contribution in [0.5, 0.6) is 0 Å². The van der Waals surface area contributed by atoms with Crippen molar-refractivity contribution in [3.63, 3.8) is 0 Å². The molecule has 142 valence electrons. The number of carbonyl (C=O) groups excluding carboxylic acids is 2. The molecule has 2 aromatic rings. The van der Waals surface area contributed by atoms with Crippen LogP contribution < -0.4 is 5.32 Å². The number of thiazole rings is 1. The highest BCUT2D eigenvalue weighted by Crippen LogP contribution is 2.20. The Balaban J connectivity index is 1.82. The molecule has 7 nitrogen and oxygen atoms in total. The number of rotatable bonds is 6. The van der Waals surface area contributed by atoms with E-state index in [9.17, 15) is 19.5 Å². The number of carbonyl (C=O) groups is 3. The lowest BCUT2D eigenvalue weighted by molar-refractivity contribution is -0.148. The lowest BCUT2D eigenvalue weighted by atomic mass is 10.1. The van der Waals surface area contributed by atoms with Gasteiger partial charge in [-0.25, -0.2) is 9.78 Å². The summed E-state index contributed by atoms with van der Waals surface area (Å²) in [4.78, 5) is 42.6. The number of carboxylic acid groups (broad SMARTS) is 1. The number of hydrogen-bond acceptors (Lipinski definition) is 5. The molecule has 2 heterocycles. The molecule has 1 aliphatic rings. The molecule has 27 heavy (non-hydrogen) atoms. The summed E-state index contributed by atoms with van der Waals surface area (Å²) in [7, 11) is 0. The Morgan fingerprint density at radius 3 is 2.81 bits per heavy atom. The van der Waals surface area contributed by atoms with Gasteiger partial charge in [-0.2, -0.15) is 0 Å². The Bertz CT molecular complexity index is 843. The topological polar surface area (TPSA) is 99.6 Å². The Labute approximate surface area is 165 Å². The van der Waals surface area contributed by atoms with Crippen molar-refractivity contribution in [1.82, 2.24) is 15.2 Å². The zero-order valence-electron chi connectivity index (χ0n) is 14.3. The molecule has 3 rings (SSSR count). The van der Waals surface area contributed by atoms with E-state index in [-0.39, 0.29) is 17.0 Å². The molecule has 0 unspecified atom stereocenters. The third kappa shape index (κ3) is 4.45. The van der Waals surface area contributed by atoms with E-state index in [1.54, 1.807) is 35.2 Å². The predicted molar refractivity (Wildman–Crippen MR) is 101 cm³/mol. The van der Waals surface area contributed by atoms with Crippen molar-refractivity contribution in [2.24, 2.45) is 0 Å². The fourth-order valence-corrected chi connectivity index (χ4v) is 3.91. The molecule has 0 spiro atoms. The predicted octanol–water partition coefficient (Wildman–Crippen LogP) is 2.21. The van der Waals surface area contributed by atoms with Crippen LogP contribution in [-0.2, 0) is 16.0 Å². The molecule has 0 radical (unpaired) electrons. The second-order valence-corrected chi connectivity index (χ2v) is 7.34. The van der Waals surface area contributed by atoms with Crippen LogP contribution in [-0.4, -0.2) is 51.4 Å². The summed E-state index contributed by atoms with van der Waals surface area (Å²) in [5.41, 5.74) is 2.55. The number of hydrogen-bond donors (Lipinski definition) is 2. The lowest BCUT2D eigenvalue weighted by Gasteiger charge is -2.27. The minimum absolute atomic E-state index is 0.182. The number of amides is 2. The van der Waals surface area contributed by atoms with Gasteiger partial charge in [0, 0.05) is 18.3 Å². The van der Waals surface area contributed by atoms with Gasteiger partial charge in [0.25, 0.3) is 5.91 Å². The number of halogens is 1. The molecule has 0 bridgehead atoms. The Kier molecular flexibility index (Phi) is 6.08. The van der Waals surface area contributed by atoms with E-state index in [2.05, 4.69) is 10.3 Å². The van der Waals surface area contributed by atoms with Crippen molar-refractivity contribution in [3.05, 3.63) is 51.4 Å². The van der Waals surface area contributed by atoms with Crippen molar-refractivity contribution in [3.8, 4) is 0 Å². The molecule has 1 fully saturated rings. The summed E-state index contributed by atoms with van der Waals surface area (Å²) in [6, 6.07) is 4.76. The van der Waals surface area contributed by atoms with Gasteiger partial charge in [-0.3, -0.25) is 9.59 Å². The van der Waals surface area contributed by atoms with Crippen molar-refractivity contribution >= 4 is 40.7 Å². The molecule has 1 aromatic carbocycles. The van der Waals surface area contributed by atoms with Crippen LogP contribution in [0.1, 0.15) is 28.9 Å². The number of benzene rings is 1. The summed E-state index contributed by atoms with van der Waals surface area (Å²) in [6.07, 6.45) is 1.20. The number of carboxylic acids is 1. The van der Waals surface area contributed by atoms with Crippen LogP contribution in [0.25, 0.3) is 0 Å². The maximum Gasteiger partial charge on any atom is 0.326 e. The first-order chi connectivity index (χ1) is 13.0. The molecule has 9 heteroatoms. The molecule has 1 aromatic heterocycles. The smallest absolute Gasteiger partial charge is 0.326 e. The van der Waals surface area contributed by atoms with Gasteiger partial charge in [-0.15, -0.1) is 11.3 Å². The zero-order chi connectivity index (χ0) is 19.4.